The molecular formula is C12H5F4NOS. The minimum atomic E-state index is -4.94. The first-order valence-electron chi connectivity index (χ1n) is 4.91. The Kier molecular flexibility index (Phi) is 3.71. The van der Waals surface area contributed by atoms with Gasteiger partial charge in [-0.15, -0.1) is 24.5 Å². The maximum atomic E-state index is 13.1. The molecule has 0 aliphatic carbocycles. The van der Waals surface area contributed by atoms with E-state index in [2.05, 4.69) is 21.6 Å². The van der Waals surface area contributed by atoms with Gasteiger partial charge in [0, 0.05) is 17.1 Å². The van der Waals surface area contributed by atoms with Crippen LogP contribution in [-0.4, -0.2) is 11.3 Å². The third kappa shape index (κ3) is 3.96. The van der Waals surface area contributed by atoms with Crippen LogP contribution in [0.5, 0.6) is 5.75 Å². The maximum Gasteiger partial charge on any atom is 0.573 e. The lowest BCUT2D eigenvalue weighted by Crippen LogP contribution is -2.18. The lowest BCUT2D eigenvalue weighted by atomic mass is 10.2. The van der Waals surface area contributed by atoms with Gasteiger partial charge >= 0.3 is 6.36 Å². The van der Waals surface area contributed by atoms with Gasteiger partial charge in [-0.05, 0) is 24.1 Å². The summed E-state index contributed by atoms with van der Waals surface area (Å²) < 4.78 is 52.8. The lowest BCUT2D eigenvalue weighted by Gasteiger charge is -2.09. The highest BCUT2D eigenvalue weighted by atomic mass is 32.1. The van der Waals surface area contributed by atoms with E-state index in [1.807, 2.05) is 0 Å². The Morgan fingerprint density at radius 1 is 1.21 bits per heavy atom. The third-order valence-electron chi connectivity index (χ3n) is 1.90. The topological polar surface area (TPSA) is 22.1 Å². The van der Waals surface area contributed by atoms with E-state index in [-0.39, 0.29) is 5.56 Å². The predicted molar refractivity (Wildman–Crippen MR) is 61.2 cm³/mol. The summed E-state index contributed by atoms with van der Waals surface area (Å²) in [7, 11) is 0. The fourth-order valence-electron chi connectivity index (χ4n) is 1.19. The number of hydrogen-bond acceptors (Lipinski definition) is 3. The highest BCUT2D eigenvalue weighted by molar-refractivity contribution is 7.10. The van der Waals surface area contributed by atoms with Gasteiger partial charge in [-0.2, -0.15) is 0 Å². The molecule has 2 aromatic rings. The van der Waals surface area contributed by atoms with Crippen molar-refractivity contribution in [3.8, 4) is 17.6 Å². The van der Waals surface area contributed by atoms with Crippen molar-refractivity contribution >= 4 is 11.3 Å². The van der Waals surface area contributed by atoms with Crippen LogP contribution in [-0.2, 0) is 0 Å². The van der Waals surface area contributed by atoms with Gasteiger partial charge in [-0.3, -0.25) is 0 Å². The summed E-state index contributed by atoms with van der Waals surface area (Å²) in [5.41, 5.74) is 0.204. The van der Waals surface area contributed by atoms with Crippen molar-refractivity contribution in [2.45, 2.75) is 6.36 Å². The second kappa shape index (κ2) is 5.28. The van der Waals surface area contributed by atoms with E-state index >= 15 is 0 Å². The fraction of sp³-hybridized carbons (Fsp3) is 0.0833. The van der Waals surface area contributed by atoms with E-state index < -0.39 is 17.9 Å². The van der Waals surface area contributed by atoms with Crippen LogP contribution in [0.25, 0.3) is 0 Å². The summed E-state index contributed by atoms with van der Waals surface area (Å²) in [6.07, 6.45) is -3.39. The van der Waals surface area contributed by atoms with Crippen molar-refractivity contribution in [3.05, 3.63) is 46.2 Å². The van der Waals surface area contributed by atoms with Crippen molar-refractivity contribution in [1.29, 1.82) is 0 Å². The molecule has 2 nitrogen and oxygen atoms in total. The van der Waals surface area contributed by atoms with Crippen molar-refractivity contribution in [2.24, 2.45) is 0 Å². The summed E-state index contributed by atoms with van der Waals surface area (Å²) in [6.45, 7) is 0. The molecular weight excluding hydrogens is 282 g/mol. The van der Waals surface area contributed by atoms with Gasteiger partial charge in [0.25, 0.3) is 0 Å². The Morgan fingerprint density at radius 3 is 2.63 bits per heavy atom. The molecule has 0 N–H and O–H groups in total. The first-order valence-corrected chi connectivity index (χ1v) is 5.79. The molecule has 1 aromatic carbocycles. The van der Waals surface area contributed by atoms with Gasteiger partial charge in [0.05, 0.1) is 0 Å². The molecule has 0 radical (unpaired) electrons. The van der Waals surface area contributed by atoms with E-state index in [4.69, 9.17) is 0 Å². The number of aromatic nitrogens is 1. The molecule has 0 fully saturated rings. The zero-order valence-electron chi connectivity index (χ0n) is 9.16. The molecule has 0 saturated heterocycles. The number of rotatable bonds is 1. The molecule has 0 unspecified atom stereocenters. The molecule has 98 valence electrons. The molecule has 1 heterocycles. The zero-order chi connectivity index (χ0) is 13.9. The second-order valence-corrected chi connectivity index (χ2v) is 4.17. The quantitative estimate of drug-likeness (QED) is 0.591. The number of ether oxygens (including phenoxy) is 1. The van der Waals surface area contributed by atoms with E-state index in [0.717, 1.165) is 12.1 Å². The van der Waals surface area contributed by atoms with E-state index in [9.17, 15) is 17.6 Å². The number of hydrogen-bond donors (Lipinski definition) is 0. The molecule has 1 aromatic heterocycles. The Morgan fingerprint density at radius 2 is 2.00 bits per heavy atom. The van der Waals surface area contributed by atoms with Gasteiger partial charge in [-0.1, -0.05) is 5.92 Å². The molecule has 0 aliphatic rings. The minimum absolute atomic E-state index is 0.204. The first kappa shape index (κ1) is 13.4. The Labute approximate surface area is 109 Å². The lowest BCUT2D eigenvalue weighted by molar-refractivity contribution is -0.275. The monoisotopic (exact) mass is 287 g/mol. The van der Waals surface area contributed by atoms with Crippen LogP contribution in [0.2, 0.25) is 0 Å². The van der Waals surface area contributed by atoms with Gasteiger partial charge in [0.1, 0.15) is 0 Å². The van der Waals surface area contributed by atoms with Crippen molar-refractivity contribution in [1.82, 2.24) is 4.98 Å². The molecule has 19 heavy (non-hydrogen) atoms. The molecule has 0 spiro atoms. The summed E-state index contributed by atoms with van der Waals surface area (Å²) in [5, 5.41) is 2.23. The van der Waals surface area contributed by atoms with Gasteiger partial charge < -0.3 is 4.74 Å². The van der Waals surface area contributed by atoms with Crippen LogP contribution in [0.15, 0.2) is 29.8 Å². The van der Waals surface area contributed by atoms with Crippen molar-refractivity contribution in [3.63, 3.8) is 0 Å². The van der Waals surface area contributed by atoms with Crippen LogP contribution in [0.4, 0.5) is 17.6 Å². The summed E-state index contributed by atoms with van der Waals surface area (Å²) >= 11 is 1.29. The van der Waals surface area contributed by atoms with Crippen LogP contribution in [0.3, 0.4) is 0 Å². The average molecular weight is 287 g/mol. The Bertz CT molecular complexity index is 625. The molecule has 0 amide bonds. The van der Waals surface area contributed by atoms with E-state index in [1.54, 1.807) is 11.6 Å². The van der Waals surface area contributed by atoms with Crippen LogP contribution in [0, 0.1) is 17.7 Å². The summed E-state index contributed by atoms with van der Waals surface area (Å²) in [6, 6.07) is 3.02. The summed E-state index contributed by atoms with van der Waals surface area (Å²) in [4.78, 5) is 3.89. The standard InChI is InChI=1S/C12H5F4NOS/c13-9-3-1-8(2-4-11-17-5-6-19-11)7-10(9)18-12(14,15)16/h1,3,5-7H. The van der Waals surface area contributed by atoms with Crippen LogP contribution < -0.4 is 4.74 Å². The van der Waals surface area contributed by atoms with Gasteiger partial charge in [0.2, 0.25) is 0 Å². The molecule has 7 heteroatoms. The van der Waals surface area contributed by atoms with E-state index in [1.165, 1.54) is 17.4 Å². The number of thiazole rings is 1. The SMILES string of the molecule is Fc1ccc(C#Cc2nccs2)cc1OC(F)(F)F. The normalized spacial score (nSPS) is 10.7. The average Bonchev–Trinajstić information content (AvgIpc) is 2.81. The maximum absolute atomic E-state index is 13.1. The second-order valence-electron chi connectivity index (χ2n) is 3.28. The molecule has 0 saturated carbocycles. The number of halogens is 4. The summed E-state index contributed by atoms with van der Waals surface area (Å²) in [5.74, 6) is 3.23. The van der Waals surface area contributed by atoms with Crippen molar-refractivity contribution in [2.75, 3.05) is 0 Å². The number of alkyl halides is 3. The highest BCUT2D eigenvalue weighted by Crippen LogP contribution is 2.26. The molecule has 0 aliphatic heterocycles. The predicted octanol–water partition coefficient (Wildman–Crippen LogP) is 3.58. The van der Waals surface area contributed by atoms with Gasteiger partial charge in [-0.25, -0.2) is 9.37 Å². The number of benzene rings is 1. The smallest absolute Gasteiger partial charge is 0.403 e. The largest absolute Gasteiger partial charge is 0.573 e. The van der Waals surface area contributed by atoms with Gasteiger partial charge in [0.15, 0.2) is 16.6 Å². The van der Waals surface area contributed by atoms with E-state index in [0.29, 0.717) is 5.01 Å². The fourth-order valence-corrected chi connectivity index (χ4v) is 1.68. The van der Waals surface area contributed by atoms with Crippen LogP contribution >= 0.6 is 11.3 Å². The first-order chi connectivity index (χ1) is 8.94. The highest BCUT2D eigenvalue weighted by Gasteiger charge is 2.32. The third-order valence-corrected chi connectivity index (χ3v) is 2.59. The molecule has 0 atom stereocenters. The molecule has 0 bridgehead atoms. The van der Waals surface area contributed by atoms with Crippen LogP contribution in [0.1, 0.15) is 10.6 Å². The Hall–Kier alpha value is -2.07. The van der Waals surface area contributed by atoms with Crippen molar-refractivity contribution < 1.29 is 22.3 Å². The zero-order valence-corrected chi connectivity index (χ0v) is 9.98. The molecule has 2 rings (SSSR count). The number of nitrogens with zero attached hydrogens (tertiary/aromatic N) is 1. The Balaban J connectivity index is 2.26. The minimum Gasteiger partial charge on any atom is -0.403 e.